The third-order valence-corrected chi connectivity index (χ3v) is 4.22. The van der Waals surface area contributed by atoms with E-state index in [1.54, 1.807) is 23.7 Å². The molecule has 0 aliphatic rings. The molecule has 0 N–H and O–H groups in total. The first kappa shape index (κ1) is 10.5. The zero-order valence-electron chi connectivity index (χ0n) is 8.03. The van der Waals surface area contributed by atoms with Crippen molar-refractivity contribution >= 4 is 33.6 Å². The number of hydrogen-bond acceptors (Lipinski definition) is 3. The maximum absolute atomic E-state index is 10.6. The topological polar surface area (TPSA) is 30.0 Å². The quantitative estimate of drug-likeness (QED) is 0.786. The van der Waals surface area contributed by atoms with Crippen LogP contribution in [0.3, 0.4) is 0 Å². The molecule has 0 bridgehead atoms. The fourth-order valence-corrected chi connectivity index (χ4v) is 2.77. The molecule has 2 aromatic heterocycles. The highest BCUT2D eigenvalue weighted by Crippen LogP contribution is 2.33. The van der Waals surface area contributed by atoms with Gasteiger partial charge in [-0.05, 0) is 35.0 Å². The molecule has 0 aliphatic heterocycles. The van der Waals surface area contributed by atoms with Gasteiger partial charge in [-0.15, -0.1) is 11.3 Å². The van der Waals surface area contributed by atoms with Crippen LogP contribution in [0.25, 0.3) is 10.4 Å². The highest BCUT2D eigenvalue weighted by Gasteiger charge is 2.05. The predicted molar refractivity (Wildman–Crippen MR) is 65.4 cm³/mol. The van der Waals surface area contributed by atoms with Crippen LogP contribution in [0.2, 0.25) is 0 Å². The standard InChI is InChI=1S/C11H8BrNOS/c1-7-10(12)3-11(15-7)9-2-8(6-14)4-13-5-9/h2-6H,1H3. The molecule has 0 saturated carbocycles. The Labute approximate surface area is 100 Å². The van der Waals surface area contributed by atoms with Gasteiger partial charge in [-0.2, -0.15) is 0 Å². The lowest BCUT2D eigenvalue weighted by Crippen LogP contribution is -1.83. The van der Waals surface area contributed by atoms with E-state index in [-0.39, 0.29) is 0 Å². The van der Waals surface area contributed by atoms with Crippen LogP contribution in [0, 0.1) is 6.92 Å². The predicted octanol–water partition coefficient (Wildman–Crippen LogP) is 3.69. The number of carbonyl (C=O) groups is 1. The Morgan fingerprint density at radius 2 is 2.20 bits per heavy atom. The summed E-state index contributed by atoms with van der Waals surface area (Å²) in [5, 5.41) is 0. The second-order valence-electron chi connectivity index (χ2n) is 3.14. The van der Waals surface area contributed by atoms with Gasteiger partial charge >= 0.3 is 0 Å². The zero-order chi connectivity index (χ0) is 10.8. The minimum atomic E-state index is 0.606. The van der Waals surface area contributed by atoms with E-state index in [0.717, 1.165) is 21.2 Å². The molecule has 0 aromatic carbocycles. The summed E-state index contributed by atoms with van der Waals surface area (Å²) in [5.74, 6) is 0. The summed E-state index contributed by atoms with van der Waals surface area (Å²) in [6.07, 6.45) is 4.14. The SMILES string of the molecule is Cc1sc(-c2cncc(C=O)c2)cc1Br. The lowest BCUT2D eigenvalue weighted by atomic mass is 10.2. The third kappa shape index (κ3) is 2.16. The zero-order valence-corrected chi connectivity index (χ0v) is 10.4. The highest BCUT2D eigenvalue weighted by atomic mass is 79.9. The Morgan fingerprint density at radius 1 is 1.40 bits per heavy atom. The van der Waals surface area contributed by atoms with Crippen LogP contribution < -0.4 is 0 Å². The number of halogens is 1. The monoisotopic (exact) mass is 281 g/mol. The Kier molecular flexibility index (Phi) is 2.98. The molecule has 0 atom stereocenters. The average molecular weight is 282 g/mol. The van der Waals surface area contributed by atoms with Crippen LogP contribution in [0.1, 0.15) is 15.2 Å². The fourth-order valence-electron chi connectivity index (χ4n) is 1.26. The molecule has 0 spiro atoms. The summed E-state index contributed by atoms with van der Waals surface area (Å²) in [6, 6.07) is 3.89. The van der Waals surface area contributed by atoms with E-state index < -0.39 is 0 Å². The van der Waals surface area contributed by atoms with Crippen LogP contribution in [0.4, 0.5) is 0 Å². The van der Waals surface area contributed by atoms with E-state index in [0.29, 0.717) is 5.56 Å². The van der Waals surface area contributed by atoms with Crippen LogP contribution in [-0.4, -0.2) is 11.3 Å². The molecule has 2 rings (SSSR count). The van der Waals surface area contributed by atoms with Gasteiger partial charge in [0.15, 0.2) is 6.29 Å². The summed E-state index contributed by atoms with van der Waals surface area (Å²) in [6.45, 7) is 2.05. The number of nitrogens with zero attached hydrogens (tertiary/aromatic N) is 1. The number of aldehydes is 1. The molecule has 4 heteroatoms. The van der Waals surface area contributed by atoms with Gasteiger partial charge in [0, 0.05) is 37.7 Å². The number of aromatic nitrogens is 1. The molecule has 2 heterocycles. The maximum atomic E-state index is 10.6. The lowest BCUT2D eigenvalue weighted by Gasteiger charge is -1.96. The van der Waals surface area contributed by atoms with Crippen molar-refractivity contribution in [3.05, 3.63) is 39.4 Å². The molecule has 0 aliphatic carbocycles. The molecule has 15 heavy (non-hydrogen) atoms. The summed E-state index contributed by atoms with van der Waals surface area (Å²) in [5.41, 5.74) is 1.59. The molecule has 2 nitrogen and oxygen atoms in total. The molecule has 2 aromatic rings. The van der Waals surface area contributed by atoms with Crippen LogP contribution in [0.5, 0.6) is 0 Å². The third-order valence-electron chi connectivity index (χ3n) is 2.04. The molecular formula is C11H8BrNOS. The Morgan fingerprint density at radius 3 is 2.80 bits per heavy atom. The summed E-state index contributed by atoms with van der Waals surface area (Å²) >= 11 is 5.15. The summed E-state index contributed by atoms with van der Waals surface area (Å²) in [4.78, 5) is 17.0. The van der Waals surface area contributed by atoms with Gasteiger partial charge in [0.2, 0.25) is 0 Å². The minimum Gasteiger partial charge on any atom is -0.298 e. The number of thiophene rings is 1. The van der Waals surface area contributed by atoms with Crippen molar-refractivity contribution in [1.82, 2.24) is 4.98 Å². The normalized spacial score (nSPS) is 10.3. The molecule has 0 radical (unpaired) electrons. The first-order valence-electron chi connectivity index (χ1n) is 4.37. The van der Waals surface area contributed by atoms with Gasteiger partial charge in [-0.25, -0.2) is 0 Å². The highest BCUT2D eigenvalue weighted by molar-refractivity contribution is 9.10. The summed E-state index contributed by atoms with van der Waals surface area (Å²) < 4.78 is 1.10. The van der Waals surface area contributed by atoms with Gasteiger partial charge in [-0.1, -0.05) is 0 Å². The van der Waals surface area contributed by atoms with Gasteiger partial charge in [0.25, 0.3) is 0 Å². The van der Waals surface area contributed by atoms with Crippen molar-refractivity contribution < 1.29 is 4.79 Å². The summed E-state index contributed by atoms with van der Waals surface area (Å²) in [7, 11) is 0. The van der Waals surface area contributed by atoms with E-state index in [4.69, 9.17) is 0 Å². The van der Waals surface area contributed by atoms with Crippen molar-refractivity contribution in [2.24, 2.45) is 0 Å². The first-order valence-corrected chi connectivity index (χ1v) is 5.98. The van der Waals surface area contributed by atoms with Gasteiger partial charge in [0.05, 0.1) is 0 Å². The molecule has 0 amide bonds. The number of pyridine rings is 1. The van der Waals surface area contributed by atoms with Crippen molar-refractivity contribution in [2.75, 3.05) is 0 Å². The smallest absolute Gasteiger partial charge is 0.151 e. The number of aryl methyl sites for hydroxylation is 1. The molecular weight excluding hydrogens is 274 g/mol. The van der Waals surface area contributed by atoms with Gasteiger partial charge in [0.1, 0.15) is 0 Å². The average Bonchev–Trinajstić information content (AvgIpc) is 2.59. The Balaban J connectivity index is 2.48. The minimum absolute atomic E-state index is 0.606. The molecule has 76 valence electrons. The maximum Gasteiger partial charge on any atom is 0.151 e. The Hall–Kier alpha value is -1.00. The van der Waals surface area contributed by atoms with Crippen molar-refractivity contribution in [3.63, 3.8) is 0 Å². The van der Waals surface area contributed by atoms with E-state index in [1.807, 2.05) is 12.1 Å². The first-order chi connectivity index (χ1) is 7.20. The molecule has 0 unspecified atom stereocenters. The van der Waals surface area contributed by atoms with Gasteiger partial charge in [-0.3, -0.25) is 9.78 Å². The van der Waals surface area contributed by atoms with Crippen molar-refractivity contribution in [2.45, 2.75) is 6.92 Å². The number of rotatable bonds is 2. The second kappa shape index (κ2) is 4.24. The number of carbonyl (C=O) groups excluding carboxylic acids is 1. The molecule has 0 fully saturated rings. The Bertz CT molecular complexity index is 488. The molecule has 0 saturated heterocycles. The fraction of sp³-hybridized carbons (Fsp3) is 0.0909. The van der Waals surface area contributed by atoms with E-state index >= 15 is 0 Å². The van der Waals surface area contributed by atoms with Crippen LogP contribution >= 0.6 is 27.3 Å². The largest absolute Gasteiger partial charge is 0.298 e. The second-order valence-corrected chi connectivity index (χ2v) is 5.25. The van der Waals surface area contributed by atoms with E-state index in [2.05, 4.69) is 27.8 Å². The van der Waals surface area contributed by atoms with Gasteiger partial charge < -0.3 is 0 Å². The van der Waals surface area contributed by atoms with E-state index in [1.165, 1.54) is 4.88 Å². The van der Waals surface area contributed by atoms with Crippen molar-refractivity contribution in [3.8, 4) is 10.4 Å². The van der Waals surface area contributed by atoms with Crippen molar-refractivity contribution in [1.29, 1.82) is 0 Å². The van der Waals surface area contributed by atoms with Crippen LogP contribution in [0.15, 0.2) is 29.0 Å². The van der Waals surface area contributed by atoms with Crippen LogP contribution in [-0.2, 0) is 0 Å². The lowest BCUT2D eigenvalue weighted by molar-refractivity contribution is 0.112. The van der Waals surface area contributed by atoms with E-state index in [9.17, 15) is 4.79 Å². The number of hydrogen-bond donors (Lipinski definition) is 0.